The van der Waals surface area contributed by atoms with E-state index in [4.69, 9.17) is 0 Å². The maximum Gasteiger partial charge on any atom is 0.230 e. The van der Waals surface area contributed by atoms with Crippen molar-refractivity contribution >= 4 is 5.91 Å². The second-order valence-electron chi connectivity index (χ2n) is 5.32. The van der Waals surface area contributed by atoms with Crippen LogP contribution in [0.2, 0.25) is 0 Å². The minimum Gasteiger partial charge on any atom is -0.508 e. The first-order valence-corrected chi connectivity index (χ1v) is 6.76. The summed E-state index contributed by atoms with van der Waals surface area (Å²) >= 11 is 0. The monoisotopic (exact) mass is 267 g/mol. The average Bonchev–Trinajstić information content (AvgIpc) is 2.42. The third-order valence-corrected chi connectivity index (χ3v) is 3.88. The van der Waals surface area contributed by atoms with Gasteiger partial charge in [-0.1, -0.05) is 36.4 Å². The molecule has 20 heavy (non-hydrogen) atoms. The zero-order chi connectivity index (χ0) is 14.1. The number of fused-ring (bicyclic) bond motifs is 1. The van der Waals surface area contributed by atoms with Crippen LogP contribution >= 0.6 is 0 Å². The topological polar surface area (TPSA) is 40.5 Å². The van der Waals surface area contributed by atoms with Gasteiger partial charge >= 0.3 is 0 Å². The second kappa shape index (κ2) is 5.00. The lowest BCUT2D eigenvalue weighted by molar-refractivity contribution is -0.132. The van der Waals surface area contributed by atoms with Crippen LogP contribution in [0.5, 0.6) is 5.75 Å². The Morgan fingerprint density at radius 1 is 1.20 bits per heavy atom. The van der Waals surface area contributed by atoms with Crippen LogP contribution in [-0.2, 0) is 17.8 Å². The van der Waals surface area contributed by atoms with E-state index in [9.17, 15) is 9.90 Å². The van der Waals surface area contributed by atoms with Crippen LogP contribution < -0.4 is 0 Å². The Morgan fingerprint density at radius 3 is 2.60 bits per heavy atom. The van der Waals surface area contributed by atoms with Gasteiger partial charge in [0.15, 0.2) is 0 Å². The number of carbonyl (C=O) groups excluding carboxylic acids is 1. The number of phenolic OH excluding ortho intramolecular Hbond substituents is 1. The van der Waals surface area contributed by atoms with E-state index >= 15 is 0 Å². The molecule has 0 saturated carbocycles. The van der Waals surface area contributed by atoms with Crippen LogP contribution in [-0.4, -0.2) is 23.0 Å². The smallest absolute Gasteiger partial charge is 0.230 e. The van der Waals surface area contributed by atoms with Gasteiger partial charge < -0.3 is 10.0 Å². The Hall–Kier alpha value is -2.29. The van der Waals surface area contributed by atoms with Crippen LogP contribution in [0, 0.1) is 0 Å². The third-order valence-electron chi connectivity index (χ3n) is 3.88. The molecule has 1 aliphatic rings. The lowest BCUT2D eigenvalue weighted by Gasteiger charge is -2.32. The second-order valence-corrected chi connectivity index (χ2v) is 5.32. The highest BCUT2D eigenvalue weighted by Gasteiger charge is 2.33. The van der Waals surface area contributed by atoms with Crippen molar-refractivity contribution in [3.63, 3.8) is 0 Å². The van der Waals surface area contributed by atoms with Crippen molar-refractivity contribution in [3.05, 3.63) is 65.2 Å². The molecule has 0 aromatic heterocycles. The highest BCUT2D eigenvalue weighted by Crippen LogP contribution is 2.36. The first-order chi connectivity index (χ1) is 9.65. The molecule has 3 rings (SSSR count). The normalized spacial score (nSPS) is 16.1. The highest BCUT2D eigenvalue weighted by atomic mass is 16.3. The number of phenols is 1. The number of aromatic hydroxyl groups is 1. The predicted molar refractivity (Wildman–Crippen MR) is 77.5 cm³/mol. The largest absolute Gasteiger partial charge is 0.508 e. The third kappa shape index (κ3) is 2.27. The summed E-state index contributed by atoms with van der Waals surface area (Å²) in [4.78, 5) is 14.2. The standard InChI is InChI=1S/C17H17NO2/c1-18(11-12-6-8-14(19)9-7-12)17(20)16-10-13-4-2-3-5-15(13)16/h2-9,16,19H,10-11H2,1H3. The molecule has 1 N–H and O–H groups in total. The molecular formula is C17H17NO2. The zero-order valence-corrected chi connectivity index (χ0v) is 11.4. The van der Waals surface area contributed by atoms with E-state index in [2.05, 4.69) is 6.07 Å². The Morgan fingerprint density at radius 2 is 1.90 bits per heavy atom. The molecule has 0 fully saturated rings. The molecule has 0 bridgehead atoms. The molecule has 3 heteroatoms. The predicted octanol–water partition coefficient (Wildman–Crippen LogP) is 2.69. The number of rotatable bonds is 3. The fourth-order valence-electron chi connectivity index (χ4n) is 2.70. The minimum atomic E-state index is 0.00770. The van der Waals surface area contributed by atoms with E-state index in [-0.39, 0.29) is 17.6 Å². The van der Waals surface area contributed by atoms with E-state index in [1.807, 2.05) is 37.4 Å². The number of likely N-dealkylation sites (N-methyl/N-ethyl adjacent to an activating group) is 1. The Kier molecular flexibility index (Phi) is 3.18. The molecule has 1 amide bonds. The highest BCUT2D eigenvalue weighted by molar-refractivity contribution is 5.86. The molecule has 3 nitrogen and oxygen atoms in total. The van der Waals surface area contributed by atoms with Crippen LogP contribution in [0.25, 0.3) is 0 Å². The summed E-state index contributed by atoms with van der Waals surface area (Å²) in [5, 5.41) is 9.26. The number of carbonyl (C=O) groups is 1. The molecule has 0 saturated heterocycles. The number of hydrogen-bond donors (Lipinski definition) is 1. The van der Waals surface area contributed by atoms with E-state index in [1.165, 1.54) is 5.56 Å². The van der Waals surface area contributed by atoms with Gasteiger partial charge in [-0.25, -0.2) is 0 Å². The number of nitrogens with zero attached hydrogens (tertiary/aromatic N) is 1. The van der Waals surface area contributed by atoms with Gasteiger partial charge in [0.2, 0.25) is 5.91 Å². The van der Waals surface area contributed by atoms with E-state index < -0.39 is 0 Å². The Balaban J connectivity index is 1.68. The van der Waals surface area contributed by atoms with Crippen molar-refractivity contribution in [3.8, 4) is 5.75 Å². The molecule has 0 spiro atoms. The quantitative estimate of drug-likeness (QED) is 0.929. The lowest BCUT2D eigenvalue weighted by atomic mass is 9.77. The van der Waals surface area contributed by atoms with Gasteiger partial charge in [0.25, 0.3) is 0 Å². The van der Waals surface area contributed by atoms with Crippen molar-refractivity contribution in [2.45, 2.75) is 18.9 Å². The maximum atomic E-state index is 12.4. The fraction of sp³-hybridized carbons (Fsp3) is 0.235. The molecule has 0 aliphatic heterocycles. The molecule has 1 atom stereocenters. The van der Waals surface area contributed by atoms with E-state index in [0.29, 0.717) is 6.54 Å². The molecule has 1 unspecified atom stereocenters. The van der Waals surface area contributed by atoms with Crippen molar-refractivity contribution in [2.24, 2.45) is 0 Å². The summed E-state index contributed by atoms with van der Waals surface area (Å²) in [5.41, 5.74) is 3.46. The van der Waals surface area contributed by atoms with Crippen LogP contribution in [0.1, 0.15) is 22.6 Å². The Bertz CT molecular complexity index is 634. The number of benzene rings is 2. The molecule has 0 radical (unpaired) electrons. The molecule has 2 aromatic carbocycles. The van der Waals surface area contributed by atoms with E-state index in [0.717, 1.165) is 17.5 Å². The summed E-state index contributed by atoms with van der Waals surface area (Å²) in [6.45, 7) is 0.567. The van der Waals surface area contributed by atoms with Gasteiger partial charge in [-0.15, -0.1) is 0 Å². The lowest BCUT2D eigenvalue weighted by Crippen LogP contribution is -2.36. The van der Waals surface area contributed by atoms with Crippen LogP contribution in [0.3, 0.4) is 0 Å². The number of amides is 1. The summed E-state index contributed by atoms with van der Waals surface area (Å²) < 4.78 is 0. The van der Waals surface area contributed by atoms with Gasteiger partial charge in [0, 0.05) is 13.6 Å². The molecule has 2 aromatic rings. The van der Waals surface area contributed by atoms with Crippen LogP contribution in [0.15, 0.2) is 48.5 Å². The van der Waals surface area contributed by atoms with E-state index in [1.54, 1.807) is 17.0 Å². The minimum absolute atomic E-state index is 0.00770. The molecular weight excluding hydrogens is 250 g/mol. The van der Waals surface area contributed by atoms with Gasteiger partial charge in [-0.05, 0) is 35.2 Å². The number of hydrogen-bond acceptors (Lipinski definition) is 2. The van der Waals surface area contributed by atoms with Crippen molar-refractivity contribution < 1.29 is 9.90 Å². The van der Waals surface area contributed by atoms with Gasteiger partial charge in [-0.3, -0.25) is 4.79 Å². The average molecular weight is 267 g/mol. The fourth-order valence-corrected chi connectivity index (χ4v) is 2.70. The van der Waals surface area contributed by atoms with Gasteiger partial charge in [-0.2, -0.15) is 0 Å². The molecule has 0 heterocycles. The summed E-state index contributed by atoms with van der Waals surface area (Å²) in [5.74, 6) is 0.417. The Labute approximate surface area is 118 Å². The SMILES string of the molecule is CN(Cc1ccc(O)cc1)C(=O)C1Cc2ccccc21. The first-order valence-electron chi connectivity index (χ1n) is 6.76. The van der Waals surface area contributed by atoms with Crippen molar-refractivity contribution in [2.75, 3.05) is 7.05 Å². The van der Waals surface area contributed by atoms with Crippen LogP contribution in [0.4, 0.5) is 0 Å². The summed E-state index contributed by atoms with van der Waals surface area (Å²) in [6.07, 6.45) is 0.842. The molecule has 102 valence electrons. The van der Waals surface area contributed by atoms with Crippen molar-refractivity contribution in [1.82, 2.24) is 4.90 Å². The zero-order valence-electron chi connectivity index (χ0n) is 11.4. The maximum absolute atomic E-state index is 12.4. The van der Waals surface area contributed by atoms with Gasteiger partial charge in [0.05, 0.1) is 5.92 Å². The first kappa shape index (κ1) is 12.7. The summed E-state index contributed by atoms with van der Waals surface area (Å²) in [7, 11) is 1.83. The molecule has 1 aliphatic carbocycles. The van der Waals surface area contributed by atoms with Gasteiger partial charge in [0.1, 0.15) is 5.75 Å². The summed E-state index contributed by atoms with van der Waals surface area (Å²) in [6, 6.07) is 15.1. The van der Waals surface area contributed by atoms with Crippen molar-refractivity contribution in [1.29, 1.82) is 0 Å².